The minimum atomic E-state index is -0.144. The predicted octanol–water partition coefficient (Wildman–Crippen LogP) is 2.44. The number of hydrogen-bond acceptors (Lipinski definition) is 5. The van der Waals surface area contributed by atoms with Gasteiger partial charge in [0.05, 0.1) is 20.9 Å². The highest BCUT2D eigenvalue weighted by Crippen LogP contribution is 2.27. The molecule has 128 valence electrons. The summed E-state index contributed by atoms with van der Waals surface area (Å²) in [4.78, 5) is 28.9. The van der Waals surface area contributed by atoms with Gasteiger partial charge in [-0.25, -0.2) is 9.67 Å². The van der Waals surface area contributed by atoms with Gasteiger partial charge in [0.15, 0.2) is 0 Å². The van der Waals surface area contributed by atoms with E-state index in [0.717, 1.165) is 38.6 Å². The molecule has 3 aromatic rings. The summed E-state index contributed by atoms with van der Waals surface area (Å²) in [6.45, 7) is 1.97. The summed E-state index contributed by atoms with van der Waals surface area (Å²) in [5, 5.41) is 8.30. The minimum absolute atomic E-state index is 0.0161. The zero-order valence-electron chi connectivity index (χ0n) is 14.1. The molecule has 1 atom stereocenters. The molecule has 25 heavy (non-hydrogen) atoms. The highest BCUT2D eigenvalue weighted by molar-refractivity contribution is 7.18. The molecule has 1 amide bonds. The average Bonchev–Trinajstić information content (AvgIpc) is 2.94. The number of nitrogens with one attached hydrogen (secondary N) is 1. The normalized spacial score (nSPS) is 16.6. The van der Waals surface area contributed by atoms with Gasteiger partial charge in [0.1, 0.15) is 0 Å². The van der Waals surface area contributed by atoms with Crippen molar-refractivity contribution in [2.24, 2.45) is 13.0 Å². The van der Waals surface area contributed by atoms with Crippen LogP contribution in [0.2, 0.25) is 0 Å². The second-order valence-corrected chi connectivity index (χ2v) is 7.66. The molecule has 0 aliphatic heterocycles. The van der Waals surface area contributed by atoms with Crippen LogP contribution in [0.25, 0.3) is 10.2 Å². The first-order valence-electron chi connectivity index (χ1n) is 8.24. The molecular formula is C18H18N4O2S. The van der Waals surface area contributed by atoms with Crippen LogP contribution in [0.1, 0.15) is 22.7 Å². The van der Waals surface area contributed by atoms with E-state index in [0.29, 0.717) is 12.8 Å². The highest BCUT2D eigenvalue weighted by Gasteiger charge is 2.26. The van der Waals surface area contributed by atoms with Crippen molar-refractivity contribution in [3.05, 3.63) is 50.9 Å². The predicted molar refractivity (Wildman–Crippen MR) is 98.0 cm³/mol. The fourth-order valence-corrected chi connectivity index (χ4v) is 4.08. The number of amides is 1. The largest absolute Gasteiger partial charge is 0.326 e. The van der Waals surface area contributed by atoms with E-state index < -0.39 is 0 Å². The summed E-state index contributed by atoms with van der Waals surface area (Å²) in [5.74, 6) is -0.160. The number of anilines is 1. The number of aryl methyl sites for hydroxylation is 3. The number of benzene rings is 1. The number of carbonyl (C=O) groups is 1. The third-order valence-corrected chi connectivity index (χ3v) is 5.54. The summed E-state index contributed by atoms with van der Waals surface area (Å²) in [5.41, 5.74) is 3.34. The fraction of sp³-hybridized carbons (Fsp3) is 0.333. The van der Waals surface area contributed by atoms with Gasteiger partial charge in [0.25, 0.3) is 5.56 Å². The van der Waals surface area contributed by atoms with Gasteiger partial charge in [-0.2, -0.15) is 5.10 Å². The van der Waals surface area contributed by atoms with Gasteiger partial charge in [0, 0.05) is 24.7 Å². The fourth-order valence-electron chi connectivity index (χ4n) is 3.27. The maximum absolute atomic E-state index is 12.6. The standard InChI is InChI=1S/C18H18N4O2S/c1-10-19-15-9-13(4-6-16(15)25-10)20-18(24)11-3-5-14-12(7-11)8-17(23)22(2)21-14/h4,6,8-9,11H,3,5,7H2,1-2H3,(H,20,24). The molecule has 0 radical (unpaired) electrons. The second-order valence-electron chi connectivity index (χ2n) is 6.42. The van der Waals surface area contributed by atoms with Gasteiger partial charge in [-0.05, 0) is 49.9 Å². The van der Waals surface area contributed by atoms with Crippen molar-refractivity contribution in [3.8, 4) is 0 Å². The molecule has 1 N–H and O–H groups in total. The van der Waals surface area contributed by atoms with Crippen molar-refractivity contribution in [2.45, 2.75) is 26.2 Å². The van der Waals surface area contributed by atoms with Crippen molar-refractivity contribution in [1.29, 1.82) is 0 Å². The molecule has 7 heteroatoms. The Morgan fingerprint density at radius 1 is 1.36 bits per heavy atom. The van der Waals surface area contributed by atoms with Gasteiger partial charge in [-0.1, -0.05) is 0 Å². The summed E-state index contributed by atoms with van der Waals surface area (Å²) < 4.78 is 2.47. The Morgan fingerprint density at radius 2 is 2.20 bits per heavy atom. The van der Waals surface area contributed by atoms with Crippen LogP contribution in [0.4, 0.5) is 5.69 Å². The molecule has 0 bridgehead atoms. The van der Waals surface area contributed by atoms with Crippen LogP contribution >= 0.6 is 11.3 Å². The molecule has 1 aliphatic rings. The van der Waals surface area contributed by atoms with Crippen LogP contribution in [0, 0.1) is 12.8 Å². The number of aromatic nitrogens is 3. The molecule has 0 saturated heterocycles. The smallest absolute Gasteiger partial charge is 0.266 e. The lowest BCUT2D eigenvalue weighted by molar-refractivity contribution is -0.120. The molecular weight excluding hydrogens is 336 g/mol. The van der Waals surface area contributed by atoms with Gasteiger partial charge in [0.2, 0.25) is 5.91 Å². The number of rotatable bonds is 2. The first-order chi connectivity index (χ1) is 12.0. The second kappa shape index (κ2) is 6.07. The Kier molecular flexibility index (Phi) is 3.88. The molecule has 1 aliphatic carbocycles. The van der Waals surface area contributed by atoms with E-state index in [1.165, 1.54) is 4.68 Å². The lowest BCUT2D eigenvalue weighted by Crippen LogP contribution is -2.31. The minimum Gasteiger partial charge on any atom is -0.326 e. The van der Waals surface area contributed by atoms with Gasteiger partial charge in [-0.3, -0.25) is 9.59 Å². The lowest BCUT2D eigenvalue weighted by atomic mass is 9.86. The van der Waals surface area contributed by atoms with Gasteiger partial charge in [-0.15, -0.1) is 11.3 Å². The number of fused-ring (bicyclic) bond motifs is 2. The molecule has 1 unspecified atom stereocenters. The average molecular weight is 354 g/mol. The van der Waals surface area contributed by atoms with Gasteiger partial charge >= 0.3 is 0 Å². The Labute approximate surface area is 148 Å². The topological polar surface area (TPSA) is 76.9 Å². The summed E-state index contributed by atoms with van der Waals surface area (Å²) >= 11 is 1.64. The van der Waals surface area contributed by atoms with Crippen LogP contribution in [0.3, 0.4) is 0 Å². The van der Waals surface area contributed by atoms with E-state index >= 15 is 0 Å². The maximum atomic E-state index is 12.6. The zero-order chi connectivity index (χ0) is 17.6. The van der Waals surface area contributed by atoms with E-state index in [2.05, 4.69) is 15.4 Å². The van der Waals surface area contributed by atoms with Gasteiger partial charge < -0.3 is 5.32 Å². The van der Waals surface area contributed by atoms with Crippen molar-refractivity contribution in [2.75, 3.05) is 5.32 Å². The van der Waals surface area contributed by atoms with Crippen LogP contribution in [0.5, 0.6) is 0 Å². The molecule has 0 fully saturated rings. The van der Waals surface area contributed by atoms with Crippen LogP contribution in [-0.4, -0.2) is 20.7 Å². The Balaban J connectivity index is 1.52. The highest BCUT2D eigenvalue weighted by atomic mass is 32.1. The first-order valence-corrected chi connectivity index (χ1v) is 9.05. The van der Waals surface area contributed by atoms with Crippen molar-refractivity contribution < 1.29 is 4.79 Å². The monoisotopic (exact) mass is 354 g/mol. The number of hydrogen-bond donors (Lipinski definition) is 1. The Morgan fingerprint density at radius 3 is 3.04 bits per heavy atom. The summed E-state index contributed by atoms with van der Waals surface area (Å²) in [7, 11) is 1.65. The summed E-state index contributed by atoms with van der Waals surface area (Å²) in [6.07, 6.45) is 2.01. The van der Waals surface area contributed by atoms with Crippen LogP contribution in [-0.2, 0) is 24.7 Å². The molecule has 6 nitrogen and oxygen atoms in total. The SMILES string of the molecule is Cc1nc2cc(NC(=O)C3CCc4nn(C)c(=O)cc4C3)ccc2s1. The van der Waals surface area contributed by atoms with Crippen molar-refractivity contribution >= 4 is 33.1 Å². The molecule has 2 aromatic heterocycles. The van der Waals surface area contributed by atoms with E-state index in [1.54, 1.807) is 24.5 Å². The van der Waals surface area contributed by atoms with Crippen molar-refractivity contribution in [3.63, 3.8) is 0 Å². The first kappa shape index (κ1) is 16.0. The van der Waals surface area contributed by atoms with Crippen molar-refractivity contribution in [1.82, 2.24) is 14.8 Å². The molecule has 0 spiro atoms. The zero-order valence-corrected chi connectivity index (χ0v) is 14.9. The molecule has 4 rings (SSSR count). The van der Waals surface area contributed by atoms with E-state index in [4.69, 9.17) is 0 Å². The van der Waals surface area contributed by atoms with Crippen LogP contribution in [0.15, 0.2) is 29.1 Å². The number of nitrogens with zero attached hydrogens (tertiary/aromatic N) is 3. The molecule has 0 saturated carbocycles. The number of carbonyl (C=O) groups excluding carboxylic acids is 1. The summed E-state index contributed by atoms with van der Waals surface area (Å²) in [6, 6.07) is 7.40. The molecule has 1 aromatic carbocycles. The van der Waals surface area contributed by atoms with E-state index in [-0.39, 0.29) is 17.4 Å². The molecule has 2 heterocycles. The van der Waals surface area contributed by atoms with Crippen LogP contribution < -0.4 is 10.9 Å². The number of thiazole rings is 1. The quantitative estimate of drug-likeness (QED) is 0.767. The van der Waals surface area contributed by atoms with E-state index in [1.807, 2.05) is 25.1 Å². The van der Waals surface area contributed by atoms with E-state index in [9.17, 15) is 9.59 Å². The third kappa shape index (κ3) is 3.07. The Bertz CT molecular complexity index is 1040. The Hall–Kier alpha value is -2.54. The maximum Gasteiger partial charge on any atom is 0.266 e. The third-order valence-electron chi connectivity index (χ3n) is 4.59. The lowest BCUT2D eigenvalue weighted by Gasteiger charge is -2.23.